The lowest BCUT2D eigenvalue weighted by Gasteiger charge is -2.21. The summed E-state index contributed by atoms with van der Waals surface area (Å²) in [5, 5.41) is 9.83. The Kier molecular flexibility index (Phi) is 56.3. The quantitative estimate of drug-likeness (QED) is 0.0197. The molecule has 0 amide bonds. The van der Waals surface area contributed by atoms with Crippen molar-refractivity contribution in [3.8, 4) is 0 Å². The van der Waals surface area contributed by atoms with Crippen LogP contribution in [-0.4, -0.2) is 66.5 Å². The molecule has 446 valence electrons. The summed E-state index contributed by atoms with van der Waals surface area (Å²) >= 11 is 0. The fourth-order valence-corrected chi connectivity index (χ4v) is 8.82. The van der Waals surface area contributed by atoms with Crippen molar-refractivity contribution in [3.05, 3.63) is 109 Å². The molecule has 0 aliphatic carbocycles. The molecule has 0 radical (unpaired) electrons. The van der Waals surface area contributed by atoms with Crippen molar-refractivity contribution in [1.82, 2.24) is 0 Å². The van der Waals surface area contributed by atoms with Gasteiger partial charge < -0.3 is 24.2 Å². The first-order valence-electron chi connectivity index (χ1n) is 30.8. The minimum absolute atomic E-state index is 0.142. The molecule has 2 N–H and O–H groups in total. The van der Waals surface area contributed by atoms with Gasteiger partial charge in [0.2, 0.25) is 0 Å². The van der Waals surface area contributed by atoms with Crippen molar-refractivity contribution in [3.63, 3.8) is 0 Å². The van der Waals surface area contributed by atoms with E-state index in [2.05, 4.69) is 130 Å². The van der Waals surface area contributed by atoms with E-state index < -0.39 is 57.8 Å². The molecule has 78 heavy (non-hydrogen) atoms. The molecular formula is C66H111O11P. The molecule has 0 saturated carbocycles. The Hall–Kier alpha value is -3.86. The Balaban J connectivity index is 4.79. The second kappa shape index (κ2) is 59.3. The standard InChI is InChI=1S/C66H111O11P/c1-4-7-10-13-16-19-22-25-27-29-31-33-35-38-40-43-46-49-52-55-64(68)73-59-63(77-66(70)57-54-51-48-45-42-39-36-34-32-30-28-26-23-20-17-14-11-8-5-2)61-75-78(71,72)74-60-62(58-67)76-65(69)56-53-50-47-44-41-37-24-21-18-15-12-9-6-3/h7-8,10-11,16-17,19-21,24-28,31-34,62-63,67H,4-6,9,12-15,18,22-23,29-30,35-61H2,1-3H3,(H,71,72)/b10-7-,11-8-,19-16-,20-17-,24-21-,27-25-,28-26-,33-31-,34-32-. The Bertz CT molecular complexity index is 1720. The number of esters is 3. The highest BCUT2D eigenvalue weighted by Crippen LogP contribution is 2.43. The predicted molar refractivity (Wildman–Crippen MR) is 325 cm³/mol. The zero-order valence-corrected chi connectivity index (χ0v) is 50.2. The van der Waals surface area contributed by atoms with E-state index in [1.807, 2.05) is 0 Å². The third-order valence-corrected chi connectivity index (χ3v) is 13.6. The van der Waals surface area contributed by atoms with Crippen LogP contribution in [0, 0.1) is 0 Å². The number of phosphoric acid groups is 1. The van der Waals surface area contributed by atoms with Gasteiger partial charge >= 0.3 is 25.7 Å². The third-order valence-electron chi connectivity index (χ3n) is 12.7. The van der Waals surface area contributed by atoms with Crippen LogP contribution in [0.15, 0.2) is 109 Å². The summed E-state index contributed by atoms with van der Waals surface area (Å²) < 4.78 is 39.6. The fraction of sp³-hybridized carbons (Fsp3) is 0.682. The molecule has 11 nitrogen and oxygen atoms in total. The van der Waals surface area contributed by atoms with Crippen molar-refractivity contribution in [2.24, 2.45) is 0 Å². The average molecular weight is 1110 g/mol. The molecule has 0 aromatic rings. The van der Waals surface area contributed by atoms with E-state index in [4.69, 9.17) is 23.3 Å². The molecule has 0 aliphatic rings. The molecule has 12 heteroatoms. The van der Waals surface area contributed by atoms with Gasteiger partial charge in [0, 0.05) is 19.3 Å². The van der Waals surface area contributed by atoms with Crippen molar-refractivity contribution < 1.29 is 52.2 Å². The number of ether oxygens (including phenoxy) is 3. The second-order valence-corrected chi connectivity index (χ2v) is 21.6. The van der Waals surface area contributed by atoms with E-state index in [9.17, 15) is 28.9 Å². The van der Waals surface area contributed by atoms with Gasteiger partial charge in [-0.2, -0.15) is 0 Å². The highest BCUT2D eigenvalue weighted by atomic mass is 31.2. The first kappa shape index (κ1) is 74.1. The number of hydrogen-bond donors (Lipinski definition) is 2. The molecule has 0 aliphatic heterocycles. The summed E-state index contributed by atoms with van der Waals surface area (Å²) in [5.41, 5.74) is 0. The highest BCUT2D eigenvalue weighted by Gasteiger charge is 2.28. The van der Waals surface area contributed by atoms with Gasteiger partial charge in [0.1, 0.15) is 12.7 Å². The van der Waals surface area contributed by atoms with Gasteiger partial charge in [-0.15, -0.1) is 0 Å². The zero-order valence-electron chi connectivity index (χ0n) is 49.3. The Morgan fingerprint density at radius 1 is 0.372 bits per heavy atom. The zero-order chi connectivity index (χ0) is 56.9. The van der Waals surface area contributed by atoms with Crippen molar-refractivity contribution >= 4 is 25.7 Å². The number of hydrogen-bond acceptors (Lipinski definition) is 10. The molecular weight excluding hydrogens is 1000 g/mol. The lowest BCUT2D eigenvalue weighted by molar-refractivity contribution is -0.161. The molecule has 0 heterocycles. The minimum Gasteiger partial charge on any atom is -0.462 e. The lowest BCUT2D eigenvalue weighted by Crippen LogP contribution is -2.30. The normalized spacial score (nSPS) is 14.1. The van der Waals surface area contributed by atoms with Crippen LogP contribution in [0.5, 0.6) is 0 Å². The summed E-state index contributed by atoms with van der Waals surface area (Å²) in [7, 11) is -4.77. The van der Waals surface area contributed by atoms with Crippen LogP contribution in [0.1, 0.15) is 252 Å². The average Bonchev–Trinajstić information content (AvgIpc) is 3.43. The molecule has 0 aromatic carbocycles. The first-order chi connectivity index (χ1) is 38.2. The van der Waals surface area contributed by atoms with Crippen LogP contribution in [-0.2, 0) is 42.2 Å². The van der Waals surface area contributed by atoms with Gasteiger partial charge in [-0.1, -0.05) is 220 Å². The fourth-order valence-electron chi connectivity index (χ4n) is 8.04. The topological polar surface area (TPSA) is 155 Å². The van der Waals surface area contributed by atoms with E-state index >= 15 is 0 Å². The maximum absolute atomic E-state index is 12.9. The van der Waals surface area contributed by atoms with Crippen molar-refractivity contribution in [1.29, 1.82) is 0 Å². The van der Waals surface area contributed by atoms with Gasteiger partial charge in [-0.25, -0.2) is 4.57 Å². The Morgan fingerprint density at radius 3 is 1.04 bits per heavy atom. The van der Waals surface area contributed by atoms with Crippen LogP contribution in [0.3, 0.4) is 0 Å². The van der Waals surface area contributed by atoms with Crippen LogP contribution in [0.2, 0.25) is 0 Å². The number of carbonyl (C=O) groups excluding carboxylic acids is 3. The first-order valence-corrected chi connectivity index (χ1v) is 32.3. The summed E-state index contributed by atoms with van der Waals surface area (Å²) in [6.45, 7) is 4.37. The molecule has 0 rings (SSSR count). The predicted octanol–water partition coefficient (Wildman–Crippen LogP) is 18.6. The van der Waals surface area contributed by atoms with E-state index in [1.165, 1.54) is 25.7 Å². The molecule has 0 spiro atoms. The summed E-state index contributed by atoms with van der Waals surface area (Å²) in [6, 6.07) is 0. The second-order valence-electron chi connectivity index (χ2n) is 20.1. The number of rotatable bonds is 56. The van der Waals surface area contributed by atoms with Gasteiger partial charge in [-0.3, -0.25) is 23.4 Å². The van der Waals surface area contributed by atoms with E-state index in [0.717, 1.165) is 167 Å². The largest absolute Gasteiger partial charge is 0.472 e. The highest BCUT2D eigenvalue weighted by molar-refractivity contribution is 7.47. The number of allylic oxidation sites excluding steroid dienone is 18. The molecule has 3 unspecified atom stereocenters. The van der Waals surface area contributed by atoms with Crippen LogP contribution in [0.25, 0.3) is 0 Å². The number of unbranched alkanes of at least 4 members (excludes halogenated alkanes) is 21. The number of carbonyl (C=O) groups is 3. The number of phosphoric ester groups is 1. The Labute approximate surface area is 475 Å². The van der Waals surface area contributed by atoms with Crippen molar-refractivity contribution in [2.75, 3.05) is 26.4 Å². The molecule has 0 fully saturated rings. The van der Waals surface area contributed by atoms with Gasteiger partial charge in [0.05, 0.1) is 19.8 Å². The minimum atomic E-state index is -4.77. The van der Waals surface area contributed by atoms with Gasteiger partial charge in [0.15, 0.2) is 6.10 Å². The summed E-state index contributed by atoms with van der Waals surface area (Å²) in [5.74, 6) is -1.51. The van der Waals surface area contributed by atoms with Crippen molar-refractivity contribution in [2.45, 2.75) is 264 Å². The van der Waals surface area contributed by atoms with Gasteiger partial charge in [0.25, 0.3) is 0 Å². The number of aliphatic hydroxyl groups excluding tert-OH is 1. The molecule has 0 aromatic heterocycles. The summed E-state index contributed by atoms with van der Waals surface area (Å²) in [6.07, 6.45) is 71.8. The van der Waals surface area contributed by atoms with E-state index in [-0.39, 0.29) is 25.9 Å². The lowest BCUT2D eigenvalue weighted by atomic mass is 10.1. The number of aliphatic hydroxyl groups is 1. The molecule has 0 saturated heterocycles. The van der Waals surface area contributed by atoms with E-state index in [1.54, 1.807) is 0 Å². The summed E-state index contributed by atoms with van der Waals surface area (Å²) in [4.78, 5) is 48.7. The smallest absolute Gasteiger partial charge is 0.462 e. The van der Waals surface area contributed by atoms with Crippen LogP contribution >= 0.6 is 7.82 Å². The van der Waals surface area contributed by atoms with Crippen LogP contribution in [0.4, 0.5) is 0 Å². The third kappa shape index (κ3) is 56.8. The Morgan fingerprint density at radius 2 is 0.667 bits per heavy atom. The molecule has 3 atom stereocenters. The maximum Gasteiger partial charge on any atom is 0.472 e. The monoisotopic (exact) mass is 1110 g/mol. The van der Waals surface area contributed by atoms with Gasteiger partial charge in [-0.05, 0) is 122 Å². The van der Waals surface area contributed by atoms with Crippen LogP contribution < -0.4 is 0 Å². The maximum atomic E-state index is 12.9. The SMILES string of the molecule is CC/C=C\C/C=C\C/C=C\C/C=C\CCCCCCCCC(=O)OCC(COP(=O)(O)OCC(CO)OC(=O)CCCCCCC/C=C\CCCCCC)OC(=O)CCCCCCCC/C=C\C/C=C\C/C=C\C/C=C\CC. The van der Waals surface area contributed by atoms with E-state index in [0.29, 0.717) is 19.3 Å². The molecule has 0 bridgehead atoms.